The van der Waals surface area contributed by atoms with Crippen LogP contribution in [-0.4, -0.2) is 37.5 Å². The number of Topliss-reactive ketones (excluding diaryl/α,β-unsaturated/α-hetero) is 1. The molecule has 7 nitrogen and oxygen atoms in total. The fourth-order valence-corrected chi connectivity index (χ4v) is 3.47. The van der Waals surface area contributed by atoms with Crippen molar-refractivity contribution in [3.05, 3.63) is 89.5 Å². The Morgan fingerprint density at radius 1 is 0.833 bits per heavy atom. The number of rotatable bonds is 13. The van der Waals surface area contributed by atoms with Gasteiger partial charge in [0.15, 0.2) is 12.4 Å². The molecule has 3 aromatic carbocycles. The molecule has 0 fully saturated rings. The number of nitrogens with one attached hydrogen (secondary N) is 1. The lowest BCUT2D eigenvalue weighted by atomic mass is 10.1. The standard InChI is InChI=1S/C29H31NO6/c1-3-34-28(32)20-36-27-17-14-24(21(2)31)19-26(27)30-29(33)23-12-15-25(16-13-23)35-18-8-7-11-22-9-5-4-6-10-22/h4-6,9-10,12-17,19H,3,7-8,11,18,20H2,1-2H3,(H,30,33). The first-order chi connectivity index (χ1) is 17.5. The normalized spacial score (nSPS) is 10.4. The van der Waals surface area contributed by atoms with Gasteiger partial charge in [0, 0.05) is 11.1 Å². The summed E-state index contributed by atoms with van der Waals surface area (Å²) in [4.78, 5) is 36.3. The molecule has 3 rings (SSSR count). The van der Waals surface area contributed by atoms with Gasteiger partial charge in [-0.25, -0.2) is 4.79 Å². The van der Waals surface area contributed by atoms with Crippen LogP contribution >= 0.6 is 0 Å². The van der Waals surface area contributed by atoms with E-state index in [0.29, 0.717) is 23.5 Å². The van der Waals surface area contributed by atoms with Crippen LogP contribution < -0.4 is 14.8 Å². The maximum absolute atomic E-state index is 12.8. The van der Waals surface area contributed by atoms with E-state index in [1.54, 1.807) is 43.3 Å². The second-order valence-corrected chi connectivity index (χ2v) is 8.13. The molecular formula is C29H31NO6. The van der Waals surface area contributed by atoms with E-state index in [2.05, 4.69) is 17.4 Å². The summed E-state index contributed by atoms with van der Waals surface area (Å²) < 4.78 is 16.2. The zero-order chi connectivity index (χ0) is 25.8. The molecule has 0 spiro atoms. The number of unbranched alkanes of at least 4 members (excludes halogenated alkanes) is 1. The first-order valence-electron chi connectivity index (χ1n) is 12.0. The van der Waals surface area contributed by atoms with Gasteiger partial charge in [-0.1, -0.05) is 30.3 Å². The van der Waals surface area contributed by atoms with Gasteiger partial charge < -0.3 is 19.5 Å². The van der Waals surface area contributed by atoms with Crippen molar-refractivity contribution < 1.29 is 28.6 Å². The molecule has 0 saturated heterocycles. The van der Waals surface area contributed by atoms with E-state index < -0.39 is 5.97 Å². The highest BCUT2D eigenvalue weighted by Crippen LogP contribution is 2.27. The minimum Gasteiger partial charge on any atom is -0.494 e. The SMILES string of the molecule is CCOC(=O)COc1ccc(C(C)=O)cc1NC(=O)c1ccc(OCCCCc2ccccc2)cc1. The van der Waals surface area contributed by atoms with Crippen LogP contribution in [0.25, 0.3) is 0 Å². The lowest BCUT2D eigenvalue weighted by Gasteiger charge is -2.14. The molecule has 0 bridgehead atoms. The summed E-state index contributed by atoms with van der Waals surface area (Å²) in [5.74, 6) is -0.125. The van der Waals surface area contributed by atoms with Gasteiger partial charge in [0.2, 0.25) is 0 Å². The minimum absolute atomic E-state index is 0.160. The molecule has 0 unspecified atom stereocenters. The molecule has 0 saturated carbocycles. The van der Waals surface area contributed by atoms with Crippen LogP contribution in [0.2, 0.25) is 0 Å². The molecule has 0 atom stereocenters. The van der Waals surface area contributed by atoms with Crippen molar-refractivity contribution in [2.45, 2.75) is 33.1 Å². The molecule has 0 aliphatic carbocycles. The molecule has 0 aliphatic rings. The predicted octanol–water partition coefficient (Wildman–Crippen LogP) is 5.49. The summed E-state index contributed by atoms with van der Waals surface area (Å²) in [6.07, 6.45) is 2.97. The Morgan fingerprint density at radius 2 is 1.56 bits per heavy atom. The average molecular weight is 490 g/mol. The summed E-state index contributed by atoms with van der Waals surface area (Å²) >= 11 is 0. The number of ether oxygens (including phenoxy) is 3. The molecule has 0 aromatic heterocycles. The van der Waals surface area contributed by atoms with Crippen molar-refractivity contribution in [3.8, 4) is 11.5 Å². The number of carbonyl (C=O) groups is 3. The van der Waals surface area contributed by atoms with Crippen LogP contribution in [0.4, 0.5) is 5.69 Å². The average Bonchev–Trinajstić information content (AvgIpc) is 2.88. The van der Waals surface area contributed by atoms with Crippen molar-refractivity contribution in [1.29, 1.82) is 0 Å². The highest BCUT2D eigenvalue weighted by atomic mass is 16.6. The molecule has 1 N–H and O–H groups in total. The fourth-order valence-electron chi connectivity index (χ4n) is 3.47. The molecular weight excluding hydrogens is 458 g/mol. The Bertz CT molecular complexity index is 1160. The van der Waals surface area contributed by atoms with Gasteiger partial charge in [0.25, 0.3) is 5.91 Å². The number of esters is 1. The van der Waals surface area contributed by atoms with Crippen LogP contribution in [0.3, 0.4) is 0 Å². The van der Waals surface area contributed by atoms with E-state index in [-0.39, 0.29) is 36.3 Å². The van der Waals surface area contributed by atoms with Crippen LogP contribution in [0, 0.1) is 0 Å². The first-order valence-corrected chi connectivity index (χ1v) is 12.0. The first kappa shape index (κ1) is 26.5. The number of hydrogen-bond acceptors (Lipinski definition) is 6. The second-order valence-electron chi connectivity index (χ2n) is 8.13. The third-order valence-electron chi connectivity index (χ3n) is 5.37. The van der Waals surface area contributed by atoms with Crippen molar-refractivity contribution in [2.24, 2.45) is 0 Å². The van der Waals surface area contributed by atoms with Gasteiger partial charge in [0.05, 0.1) is 18.9 Å². The van der Waals surface area contributed by atoms with Crippen LogP contribution in [0.15, 0.2) is 72.8 Å². The van der Waals surface area contributed by atoms with Gasteiger partial charge >= 0.3 is 5.97 Å². The monoisotopic (exact) mass is 489 g/mol. The van der Waals surface area contributed by atoms with E-state index in [1.165, 1.54) is 18.6 Å². The number of anilines is 1. The van der Waals surface area contributed by atoms with Crippen molar-refractivity contribution in [3.63, 3.8) is 0 Å². The molecule has 1 amide bonds. The lowest BCUT2D eigenvalue weighted by molar-refractivity contribution is -0.145. The Morgan fingerprint density at radius 3 is 2.25 bits per heavy atom. The number of ketones is 1. The number of aryl methyl sites for hydroxylation is 1. The van der Waals surface area contributed by atoms with Gasteiger partial charge in [-0.3, -0.25) is 9.59 Å². The third-order valence-corrected chi connectivity index (χ3v) is 5.37. The third kappa shape index (κ3) is 8.27. The van der Waals surface area contributed by atoms with Gasteiger partial charge in [-0.15, -0.1) is 0 Å². The molecule has 7 heteroatoms. The summed E-state index contributed by atoms with van der Waals surface area (Å²) in [5.41, 5.74) is 2.42. The van der Waals surface area contributed by atoms with Crippen LogP contribution in [0.1, 0.15) is 53.0 Å². The van der Waals surface area contributed by atoms with E-state index in [9.17, 15) is 14.4 Å². The Hall–Kier alpha value is -4.13. The zero-order valence-electron chi connectivity index (χ0n) is 20.6. The van der Waals surface area contributed by atoms with Crippen molar-refractivity contribution in [2.75, 3.05) is 25.1 Å². The Labute approximate surface area is 211 Å². The maximum Gasteiger partial charge on any atom is 0.344 e. The number of benzene rings is 3. The highest BCUT2D eigenvalue weighted by molar-refractivity contribution is 6.06. The van der Waals surface area contributed by atoms with Crippen LogP contribution in [0.5, 0.6) is 11.5 Å². The highest BCUT2D eigenvalue weighted by Gasteiger charge is 2.14. The van der Waals surface area contributed by atoms with E-state index in [1.807, 2.05) is 18.2 Å². The number of hydrogen-bond donors (Lipinski definition) is 1. The molecule has 36 heavy (non-hydrogen) atoms. The smallest absolute Gasteiger partial charge is 0.344 e. The molecule has 188 valence electrons. The van der Waals surface area contributed by atoms with Gasteiger partial charge in [0.1, 0.15) is 11.5 Å². The fraction of sp³-hybridized carbons (Fsp3) is 0.276. The molecule has 0 heterocycles. The number of amides is 1. The summed E-state index contributed by atoms with van der Waals surface area (Å²) in [6.45, 7) is 3.65. The summed E-state index contributed by atoms with van der Waals surface area (Å²) in [5, 5.41) is 2.76. The largest absolute Gasteiger partial charge is 0.494 e. The van der Waals surface area contributed by atoms with Crippen LogP contribution in [-0.2, 0) is 16.0 Å². The van der Waals surface area contributed by atoms with Crippen molar-refractivity contribution >= 4 is 23.3 Å². The Kier molecular flexibility index (Phi) is 10.1. The van der Waals surface area contributed by atoms with Crippen molar-refractivity contribution in [1.82, 2.24) is 0 Å². The molecule has 3 aromatic rings. The second kappa shape index (κ2) is 13.7. The van der Waals surface area contributed by atoms with E-state index in [0.717, 1.165) is 19.3 Å². The quantitative estimate of drug-likeness (QED) is 0.194. The van der Waals surface area contributed by atoms with E-state index in [4.69, 9.17) is 14.2 Å². The molecule has 0 radical (unpaired) electrons. The lowest BCUT2D eigenvalue weighted by Crippen LogP contribution is -2.17. The topological polar surface area (TPSA) is 90.9 Å². The van der Waals surface area contributed by atoms with E-state index >= 15 is 0 Å². The maximum atomic E-state index is 12.8. The zero-order valence-corrected chi connectivity index (χ0v) is 20.6. The summed E-state index contributed by atoms with van der Waals surface area (Å²) in [7, 11) is 0. The van der Waals surface area contributed by atoms with Gasteiger partial charge in [-0.05, 0) is 81.1 Å². The summed E-state index contributed by atoms with van der Waals surface area (Å²) in [6, 6.07) is 21.8. The number of carbonyl (C=O) groups excluding carboxylic acids is 3. The molecule has 0 aliphatic heterocycles. The minimum atomic E-state index is -0.527. The Balaban J connectivity index is 1.55. The predicted molar refractivity (Wildman–Crippen MR) is 138 cm³/mol. The van der Waals surface area contributed by atoms with Gasteiger partial charge in [-0.2, -0.15) is 0 Å².